The normalized spacial score (nSPS) is 11.2. The summed E-state index contributed by atoms with van der Waals surface area (Å²) in [5.41, 5.74) is 6.67. The molecule has 3 aromatic rings. The van der Waals surface area contributed by atoms with Gasteiger partial charge in [-0.05, 0) is 20.3 Å². The van der Waals surface area contributed by atoms with Crippen molar-refractivity contribution in [1.82, 2.24) is 24.1 Å². The molecular weight excluding hydrogens is 418 g/mol. The van der Waals surface area contributed by atoms with Crippen molar-refractivity contribution in [3.63, 3.8) is 0 Å². The Morgan fingerprint density at radius 1 is 1.28 bits per heavy atom. The van der Waals surface area contributed by atoms with Gasteiger partial charge in [-0.1, -0.05) is 6.92 Å². The van der Waals surface area contributed by atoms with E-state index in [4.69, 9.17) is 10.5 Å². The van der Waals surface area contributed by atoms with E-state index in [0.29, 0.717) is 35.6 Å². The number of amides is 1. The van der Waals surface area contributed by atoms with E-state index >= 15 is 0 Å². The number of nitrogens with one attached hydrogen (secondary N) is 2. The monoisotopic (exact) mass is 445 g/mol. The third-order valence-electron chi connectivity index (χ3n) is 5.28. The molecule has 0 aliphatic heterocycles. The second-order valence-electron chi connectivity index (χ2n) is 7.43. The highest BCUT2D eigenvalue weighted by molar-refractivity contribution is 5.97. The fraction of sp³-hybridized carbons (Fsp3) is 0.450. The van der Waals surface area contributed by atoms with Gasteiger partial charge in [0.1, 0.15) is 5.82 Å². The molecule has 12 nitrogen and oxygen atoms in total. The highest BCUT2D eigenvalue weighted by Gasteiger charge is 2.25. The number of hydrogen-bond donors (Lipinski definition) is 3. The fourth-order valence-electron chi connectivity index (χ4n) is 3.69. The van der Waals surface area contributed by atoms with Crippen molar-refractivity contribution < 1.29 is 9.53 Å². The van der Waals surface area contributed by atoms with E-state index in [1.165, 1.54) is 27.2 Å². The van der Waals surface area contributed by atoms with Gasteiger partial charge in [0.05, 0.1) is 13.0 Å². The zero-order valence-electron chi connectivity index (χ0n) is 18.5. The molecular formula is C20H27N7O5. The number of rotatable bonds is 8. The summed E-state index contributed by atoms with van der Waals surface area (Å²) in [5.74, 6) is -0.510. The van der Waals surface area contributed by atoms with Crippen molar-refractivity contribution in [3.05, 3.63) is 54.2 Å². The van der Waals surface area contributed by atoms with Crippen LogP contribution >= 0.6 is 0 Å². The van der Waals surface area contributed by atoms with E-state index in [2.05, 4.69) is 15.1 Å². The average Bonchev–Trinajstić information content (AvgIpc) is 3.10. The van der Waals surface area contributed by atoms with Crippen LogP contribution in [0.5, 0.6) is 0 Å². The summed E-state index contributed by atoms with van der Waals surface area (Å²) in [5, 5.41) is 2.65. The highest BCUT2D eigenvalue weighted by Crippen LogP contribution is 2.20. The molecule has 3 heterocycles. The summed E-state index contributed by atoms with van der Waals surface area (Å²) in [6, 6.07) is 1.37. The summed E-state index contributed by atoms with van der Waals surface area (Å²) in [4.78, 5) is 57.8. The molecule has 172 valence electrons. The topological polar surface area (TPSA) is 161 Å². The number of nitrogen functional groups attached to an aromatic ring is 1. The quantitative estimate of drug-likeness (QED) is 0.429. The maximum Gasteiger partial charge on any atom is 0.330 e. The first-order valence-corrected chi connectivity index (χ1v) is 10.2. The second-order valence-corrected chi connectivity index (χ2v) is 7.43. The largest absolute Gasteiger partial charge is 0.383 e. The average molecular weight is 445 g/mol. The molecule has 0 aromatic carbocycles. The van der Waals surface area contributed by atoms with Gasteiger partial charge in [0.15, 0.2) is 11.3 Å². The standard InChI is InChI=1S/C20H27N7O5/c1-5-6-26-18(21)17(19(30)23-20(26)31)25(7-8-32-4)16(29)9-13-11(2)22-14-10-15(28)24-27(14)12(13)3/h10H,5-9,21H2,1-4H3,(H,24,28)(H,23,30,31). The van der Waals surface area contributed by atoms with Crippen LogP contribution in [0.25, 0.3) is 5.65 Å². The number of fused-ring (bicyclic) bond motifs is 1. The maximum atomic E-state index is 13.4. The van der Waals surface area contributed by atoms with Gasteiger partial charge in [-0.15, -0.1) is 0 Å². The van der Waals surface area contributed by atoms with Crippen LogP contribution < -0.4 is 27.4 Å². The molecule has 0 fully saturated rings. The second kappa shape index (κ2) is 9.22. The number of aromatic amines is 2. The van der Waals surface area contributed by atoms with Crippen molar-refractivity contribution in [2.45, 2.75) is 40.2 Å². The summed E-state index contributed by atoms with van der Waals surface area (Å²) in [6.45, 7) is 5.88. The van der Waals surface area contributed by atoms with Gasteiger partial charge in [0.2, 0.25) is 5.91 Å². The Bertz CT molecular complexity index is 1330. The number of ether oxygens (including phenoxy) is 1. The first-order valence-electron chi connectivity index (χ1n) is 10.2. The number of carbonyl (C=O) groups excluding carboxylic acids is 1. The van der Waals surface area contributed by atoms with Gasteiger partial charge in [0, 0.05) is 43.2 Å². The van der Waals surface area contributed by atoms with Crippen LogP contribution in [0.15, 0.2) is 20.4 Å². The molecule has 0 aliphatic carbocycles. The van der Waals surface area contributed by atoms with E-state index in [-0.39, 0.29) is 36.6 Å². The molecule has 4 N–H and O–H groups in total. The van der Waals surface area contributed by atoms with Crippen LogP contribution in [0, 0.1) is 13.8 Å². The van der Waals surface area contributed by atoms with Gasteiger partial charge < -0.3 is 15.4 Å². The van der Waals surface area contributed by atoms with E-state index in [1.54, 1.807) is 13.8 Å². The molecule has 0 atom stereocenters. The molecule has 3 aromatic heterocycles. The Kier molecular flexibility index (Phi) is 6.63. The maximum absolute atomic E-state index is 13.4. The van der Waals surface area contributed by atoms with Crippen LogP contribution in [-0.4, -0.2) is 50.3 Å². The summed E-state index contributed by atoms with van der Waals surface area (Å²) >= 11 is 0. The van der Waals surface area contributed by atoms with Crippen molar-refractivity contribution in [3.8, 4) is 0 Å². The number of anilines is 2. The number of aryl methyl sites for hydroxylation is 2. The lowest BCUT2D eigenvalue weighted by Gasteiger charge is -2.25. The number of nitrogens with zero attached hydrogens (tertiary/aromatic N) is 4. The Hall–Kier alpha value is -3.67. The first-order chi connectivity index (χ1) is 15.2. The Morgan fingerprint density at radius 2 is 2.00 bits per heavy atom. The number of methoxy groups -OCH3 is 1. The van der Waals surface area contributed by atoms with Gasteiger partial charge in [-0.2, -0.15) is 0 Å². The molecule has 3 rings (SSSR count). The molecule has 12 heteroatoms. The number of H-pyrrole nitrogens is 2. The molecule has 1 amide bonds. The van der Waals surface area contributed by atoms with Gasteiger partial charge in [0.25, 0.3) is 11.1 Å². The molecule has 0 bridgehead atoms. The van der Waals surface area contributed by atoms with Crippen LogP contribution in [0.4, 0.5) is 11.5 Å². The van der Waals surface area contributed by atoms with Crippen molar-refractivity contribution in [1.29, 1.82) is 0 Å². The lowest BCUT2D eigenvalue weighted by molar-refractivity contribution is -0.118. The minimum absolute atomic E-state index is 0.0566. The van der Waals surface area contributed by atoms with E-state index in [9.17, 15) is 19.2 Å². The molecule has 0 saturated carbocycles. The Morgan fingerprint density at radius 3 is 2.66 bits per heavy atom. The third-order valence-corrected chi connectivity index (χ3v) is 5.28. The summed E-state index contributed by atoms with van der Waals surface area (Å²) in [6.07, 6.45) is 0.511. The lowest BCUT2D eigenvalue weighted by Crippen LogP contribution is -2.43. The minimum atomic E-state index is -0.749. The zero-order valence-corrected chi connectivity index (χ0v) is 18.5. The number of hydrogen-bond acceptors (Lipinski definition) is 7. The first kappa shape index (κ1) is 23.0. The minimum Gasteiger partial charge on any atom is -0.383 e. The van der Waals surface area contributed by atoms with E-state index < -0.39 is 17.2 Å². The molecule has 0 spiro atoms. The van der Waals surface area contributed by atoms with Crippen LogP contribution in [-0.2, 0) is 22.5 Å². The Labute approximate surface area is 182 Å². The van der Waals surface area contributed by atoms with Gasteiger partial charge >= 0.3 is 5.69 Å². The lowest BCUT2D eigenvalue weighted by atomic mass is 10.1. The zero-order chi connectivity index (χ0) is 23.6. The van der Waals surface area contributed by atoms with Gasteiger partial charge in [-0.3, -0.25) is 29.0 Å². The summed E-state index contributed by atoms with van der Waals surface area (Å²) in [7, 11) is 1.47. The van der Waals surface area contributed by atoms with Gasteiger partial charge in [-0.25, -0.2) is 14.3 Å². The number of nitrogens with two attached hydrogens (primary N) is 1. The molecule has 0 unspecified atom stereocenters. The molecule has 32 heavy (non-hydrogen) atoms. The van der Waals surface area contributed by atoms with Crippen LogP contribution in [0.1, 0.15) is 30.3 Å². The van der Waals surface area contributed by atoms with E-state index in [1.807, 2.05) is 6.92 Å². The predicted molar refractivity (Wildman–Crippen MR) is 119 cm³/mol. The fourth-order valence-corrected chi connectivity index (χ4v) is 3.69. The highest BCUT2D eigenvalue weighted by atomic mass is 16.5. The van der Waals surface area contributed by atoms with Crippen molar-refractivity contribution >= 4 is 23.1 Å². The SMILES string of the molecule is CCCn1c(N)c(N(CCOC)C(=O)Cc2c(C)nc3cc(=O)[nH]n3c2C)c(=O)[nH]c1=O. The molecule has 0 saturated heterocycles. The van der Waals surface area contributed by atoms with Crippen LogP contribution in [0.2, 0.25) is 0 Å². The number of carbonyl (C=O) groups is 1. The van der Waals surface area contributed by atoms with Crippen LogP contribution in [0.3, 0.4) is 0 Å². The number of aromatic nitrogens is 5. The van der Waals surface area contributed by atoms with Crippen molar-refractivity contribution in [2.24, 2.45) is 0 Å². The Balaban J connectivity index is 2.08. The third kappa shape index (κ3) is 4.21. The summed E-state index contributed by atoms with van der Waals surface area (Å²) < 4.78 is 7.86. The van der Waals surface area contributed by atoms with Crippen molar-refractivity contribution in [2.75, 3.05) is 30.9 Å². The van der Waals surface area contributed by atoms with E-state index in [0.717, 1.165) is 0 Å². The molecule has 0 radical (unpaired) electrons. The predicted octanol–water partition coefficient (Wildman–Crippen LogP) is -0.296. The smallest absolute Gasteiger partial charge is 0.330 e. The molecule has 0 aliphatic rings.